The molecule has 0 atom stereocenters. The van der Waals surface area contributed by atoms with Gasteiger partial charge < -0.3 is 18.9 Å². The fourth-order valence-electron chi connectivity index (χ4n) is 2.38. The van der Waals surface area contributed by atoms with Gasteiger partial charge in [0.25, 0.3) is 0 Å². The maximum Gasteiger partial charge on any atom is 0.342 e. The van der Waals surface area contributed by atoms with Gasteiger partial charge in [0, 0.05) is 18.7 Å². The van der Waals surface area contributed by atoms with E-state index in [0.29, 0.717) is 5.56 Å². The van der Waals surface area contributed by atoms with Gasteiger partial charge in [-0.3, -0.25) is 9.59 Å². The molecule has 1 aliphatic rings. The van der Waals surface area contributed by atoms with Crippen LogP contribution in [-0.4, -0.2) is 45.7 Å². The molecule has 0 aliphatic heterocycles. The minimum Gasteiger partial charge on any atom is -0.492 e. The number of carbonyl (C=O) groups is 3. The summed E-state index contributed by atoms with van der Waals surface area (Å²) in [5, 5.41) is 0. The van der Waals surface area contributed by atoms with Gasteiger partial charge in [0.15, 0.2) is 18.3 Å². The molecule has 23 heavy (non-hydrogen) atoms. The van der Waals surface area contributed by atoms with E-state index in [1.807, 2.05) is 0 Å². The van der Waals surface area contributed by atoms with Crippen molar-refractivity contribution in [3.63, 3.8) is 0 Å². The molecule has 0 spiro atoms. The fraction of sp³-hybridized carbons (Fsp3) is 0.312. The Morgan fingerprint density at radius 2 is 1.87 bits per heavy atom. The van der Waals surface area contributed by atoms with E-state index in [0.717, 1.165) is 6.08 Å². The first-order valence-corrected chi connectivity index (χ1v) is 6.68. The van der Waals surface area contributed by atoms with Crippen molar-refractivity contribution in [3.05, 3.63) is 40.2 Å². The standard InChI is InChI=1S/C16H16O7/c1-8-5-9-12(10(17)6-11(21-3)14(9)18)13(16(19)22-4)15(8)23-7-20-2/h5-6H,7H2,1-4H3. The molecule has 0 fully saturated rings. The van der Waals surface area contributed by atoms with E-state index >= 15 is 0 Å². The van der Waals surface area contributed by atoms with Crippen molar-refractivity contribution in [2.24, 2.45) is 0 Å². The summed E-state index contributed by atoms with van der Waals surface area (Å²) in [6.07, 6.45) is 1.05. The van der Waals surface area contributed by atoms with Crippen molar-refractivity contribution < 1.29 is 33.3 Å². The largest absolute Gasteiger partial charge is 0.492 e. The summed E-state index contributed by atoms with van der Waals surface area (Å²) in [4.78, 5) is 36.9. The Balaban J connectivity index is 2.75. The smallest absolute Gasteiger partial charge is 0.342 e. The highest BCUT2D eigenvalue weighted by Gasteiger charge is 2.34. The van der Waals surface area contributed by atoms with Crippen LogP contribution in [0.4, 0.5) is 0 Å². The number of methoxy groups -OCH3 is 3. The van der Waals surface area contributed by atoms with E-state index in [9.17, 15) is 14.4 Å². The van der Waals surface area contributed by atoms with E-state index in [-0.39, 0.29) is 35.0 Å². The minimum absolute atomic E-state index is 0.0562. The lowest BCUT2D eigenvalue weighted by Gasteiger charge is -2.20. The van der Waals surface area contributed by atoms with E-state index in [4.69, 9.17) is 18.9 Å². The predicted molar refractivity (Wildman–Crippen MR) is 78.8 cm³/mol. The van der Waals surface area contributed by atoms with E-state index in [2.05, 4.69) is 0 Å². The Kier molecular flexibility index (Phi) is 4.80. The topological polar surface area (TPSA) is 88.1 Å². The minimum atomic E-state index is -0.772. The van der Waals surface area contributed by atoms with Gasteiger partial charge in [0.05, 0.1) is 19.8 Å². The number of fused-ring (bicyclic) bond motifs is 1. The number of esters is 1. The molecule has 0 saturated heterocycles. The zero-order valence-corrected chi connectivity index (χ0v) is 13.2. The number of allylic oxidation sites excluding steroid dienone is 2. The average molecular weight is 320 g/mol. The van der Waals surface area contributed by atoms with Crippen LogP contribution in [0, 0.1) is 6.92 Å². The van der Waals surface area contributed by atoms with Crippen molar-refractivity contribution >= 4 is 17.5 Å². The second-order valence-electron chi connectivity index (χ2n) is 4.77. The van der Waals surface area contributed by atoms with Gasteiger partial charge in [-0.25, -0.2) is 4.79 Å². The summed E-state index contributed by atoms with van der Waals surface area (Å²) >= 11 is 0. The van der Waals surface area contributed by atoms with E-state index < -0.39 is 17.5 Å². The molecule has 2 rings (SSSR count). The quantitative estimate of drug-likeness (QED) is 0.602. The number of carbonyl (C=O) groups excluding carboxylic acids is 3. The molecule has 0 N–H and O–H groups in total. The van der Waals surface area contributed by atoms with Gasteiger partial charge in [-0.1, -0.05) is 0 Å². The first-order valence-electron chi connectivity index (χ1n) is 6.68. The number of hydrogen-bond acceptors (Lipinski definition) is 7. The number of benzene rings is 1. The molecule has 0 saturated carbocycles. The highest BCUT2D eigenvalue weighted by atomic mass is 16.7. The number of rotatable bonds is 5. The zero-order valence-electron chi connectivity index (χ0n) is 13.2. The van der Waals surface area contributed by atoms with Gasteiger partial charge in [-0.2, -0.15) is 0 Å². The van der Waals surface area contributed by atoms with Gasteiger partial charge in [-0.05, 0) is 18.6 Å². The van der Waals surface area contributed by atoms with Crippen LogP contribution in [0.5, 0.6) is 5.75 Å². The molecule has 0 heterocycles. The van der Waals surface area contributed by atoms with Crippen LogP contribution < -0.4 is 4.74 Å². The van der Waals surface area contributed by atoms with Crippen molar-refractivity contribution in [1.82, 2.24) is 0 Å². The van der Waals surface area contributed by atoms with Crippen LogP contribution in [0.25, 0.3) is 0 Å². The third-order valence-electron chi connectivity index (χ3n) is 3.37. The van der Waals surface area contributed by atoms with Gasteiger partial charge in [0.1, 0.15) is 11.3 Å². The summed E-state index contributed by atoms with van der Waals surface area (Å²) in [5.74, 6) is -1.71. The molecular formula is C16H16O7. The molecular weight excluding hydrogens is 304 g/mol. The molecule has 1 aliphatic carbocycles. The molecule has 7 nitrogen and oxygen atoms in total. The summed E-state index contributed by atoms with van der Waals surface area (Å²) in [6.45, 7) is 1.53. The van der Waals surface area contributed by atoms with Gasteiger partial charge in [0.2, 0.25) is 5.78 Å². The number of ketones is 2. The molecule has 0 radical (unpaired) electrons. The second-order valence-corrected chi connectivity index (χ2v) is 4.77. The number of Topliss-reactive ketones (excluding diaryl/α,β-unsaturated/α-hetero) is 1. The van der Waals surface area contributed by atoms with Crippen molar-refractivity contribution in [2.75, 3.05) is 28.1 Å². The molecule has 7 heteroatoms. The highest BCUT2D eigenvalue weighted by molar-refractivity contribution is 6.27. The van der Waals surface area contributed by atoms with Gasteiger partial charge >= 0.3 is 5.97 Å². The maximum absolute atomic E-state index is 12.4. The third kappa shape index (κ3) is 2.83. The van der Waals surface area contributed by atoms with E-state index in [1.54, 1.807) is 6.92 Å². The first kappa shape index (κ1) is 16.7. The van der Waals surface area contributed by atoms with Gasteiger partial charge in [-0.15, -0.1) is 0 Å². The fourth-order valence-corrected chi connectivity index (χ4v) is 2.38. The summed E-state index contributed by atoms with van der Waals surface area (Å²) in [7, 11) is 3.91. The Morgan fingerprint density at radius 1 is 1.17 bits per heavy atom. The van der Waals surface area contributed by atoms with Crippen LogP contribution in [0.3, 0.4) is 0 Å². The lowest BCUT2D eigenvalue weighted by molar-refractivity contribution is 0.0458. The summed E-state index contributed by atoms with van der Waals surface area (Å²) in [5.41, 5.74) is 0.431. The van der Waals surface area contributed by atoms with E-state index in [1.165, 1.54) is 27.4 Å². The third-order valence-corrected chi connectivity index (χ3v) is 3.37. The van der Waals surface area contributed by atoms with Crippen LogP contribution in [0.2, 0.25) is 0 Å². The Morgan fingerprint density at radius 3 is 2.43 bits per heavy atom. The van der Waals surface area contributed by atoms with Crippen LogP contribution in [-0.2, 0) is 14.2 Å². The Labute approximate surface area is 132 Å². The van der Waals surface area contributed by atoms with Crippen LogP contribution in [0.1, 0.15) is 36.6 Å². The molecule has 1 aromatic carbocycles. The Hall–Kier alpha value is -2.67. The summed E-state index contributed by atoms with van der Waals surface area (Å²) < 4.78 is 19.9. The number of ether oxygens (including phenoxy) is 4. The Bertz CT molecular complexity index is 716. The SMILES string of the molecule is COCOc1c(C)cc2c(c1C(=O)OC)C(=O)C=C(OC)C2=O. The zero-order chi connectivity index (χ0) is 17.1. The number of aryl methyl sites for hydroxylation is 1. The van der Waals surface area contributed by atoms with Crippen LogP contribution >= 0.6 is 0 Å². The molecule has 0 unspecified atom stereocenters. The summed E-state index contributed by atoms with van der Waals surface area (Å²) in [6, 6.07) is 1.49. The average Bonchev–Trinajstić information content (AvgIpc) is 2.55. The normalized spacial score (nSPS) is 13.3. The van der Waals surface area contributed by atoms with Crippen LogP contribution in [0.15, 0.2) is 17.9 Å². The molecule has 0 bridgehead atoms. The molecule has 0 aromatic heterocycles. The lowest BCUT2D eigenvalue weighted by Crippen LogP contribution is -2.23. The highest BCUT2D eigenvalue weighted by Crippen LogP contribution is 2.34. The van der Waals surface area contributed by atoms with Crippen molar-refractivity contribution in [2.45, 2.75) is 6.92 Å². The molecule has 0 amide bonds. The monoisotopic (exact) mass is 320 g/mol. The van der Waals surface area contributed by atoms with Crippen molar-refractivity contribution in [3.8, 4) is 5.75 Å². The van der Waals surface area contributed by atoms with Crippen molar-refractivity contribution in [1.29, 1.82) is 0 Å². The molecule has 1 aromatic rings. The predicted octanol–water partition coefficient (Wildman–Crippen LogP) is 1.67. The lowest BCUT2D eigenvalue weighted by atomic mass is 9.87. The number of hydrogen-bond donors (Lipinski definition) is 0. The first-order chi connectivity index (χ1) is 11.0. The maximum atomic E-state index is 12.4. The molecule has 122 valence electrons. The second kappa shape index (κ2) is 6.62.